The lowest BCUT2D eigenvalue weighted by Gasteiger charge is -2.28. The molecule has 1 unspecified atom stereocenters. The van der Waals surface area contributed by atoms with Gasteiger partial charge in [0.15, 0.2) is 0 Å². The second kappa shape index (κ2) is 6.83. The minimum atomic E-state index is -0.355. The summed E-state index contributed by atoms with van der Waals surface area (Å²) in [6.45, 7) is 2.91. The first-order valence-corrected chi connectivity index (χ1v) is 9.27. The number of rotatable bonds is 3. The number of aryl methyl sites for hydroxylation is 1. The summed E-state index contributed by atoms with van der Waals surface area (Å²) in [5.74, 6) is 1.24. The number of fused-ring (bicyclic) bond motifs is 1. The highest BCUT2D eigenvalue weighted by molar-refractivity contribution is 7.99. The lowest BCUT2D eigenvalue weighted by molar-refractivity contribution is -0.135. The second-order valence-corrected chi connectivity index (χ2v) is 7.09. The van der Waals surface area contributed by atoms with E-state index in [1.165, 1.54) is 11.3 Å². The van der Waals surface area contributed by atoms with Crippen LogP contribution < -0.4 is 10.2 Å². The largest absolute Gasteiger partial charge is 0.374 e. The van der Waals surface area contributed by atoms with Crippen LogP contribution in [0.2, 0.25) is 0 Å². The van der Waals surface area contributed by atoms with Crippen molar-refractivity contribution in [2.75, 3.05) is 35.4 Å². The Morgan fingerprint density at radius 3 is 3.00 bits per heavy atom. The Bertz CT molecular complexity index is 620. The summed E-state index contributed by atoms with van der Waals surface area (Å²) in [5, 5.41) is 2.99. The zero-order chi connectivity index (χ0) is 16.4. The van der Waals surface area contributed by atoms with E-state index in [0.717, 1.165) is 25.1 Å². The van der Waals surface area contributed by atoms with E-state index in [1.54, 1.807) is 16.7 Å². The normalized spacial score (nSPS) is 20.3. The standard InChI is InChI=1S/C17H23N3O2S/c1-3-16(21)20-11-23-10-15(20)17(22)18-13-6-7-14-12(9-13)5-4-8-19(14)2/h6-7,9,15H,3-5,8,10-11H2,1-2H3,(H,18,22). The van der Waals surface area contributed by atoms with Crippen molar-refractivity contribution < 1.29 is 9.59 Å². The monoisotopic (exact) mass is 333 g/mol. The molecular formula is C17H23N3O2S. The first-order chi connectivity index (χ1) is 11.1. The lowest BCUT2D eigenvalue weighted by atomic mass is 10.0. The van der Waals surface area contributed by atoms with E-state index in [-0.39, 0.29) is 17.9 Å². The smallest absolute Gasteiger partial charge is 0.248 e. The van der Waals surface area contributed by atoms with Gasteiger partial charge in [0.1, 0.15) is 6.04 Å². The number of hydrogen-bond donors (Lipinski definition) is 1. The number of carbonyl (C=O) groups excluding carboxylic acids is 2. The molecule has 0 aromatic heterocycles. The van der Waals surface area contributed by atoms with Crippen LogP contribution in [0.5, 0.6) is 0 Å². The summed E-state index contributed by atoms with van der Waals surface area (Å²) in [6.07, 6.45) is 2.62. The van der Waals surface area contributed by atoms with Crippen LogP contribution in [-0.2, 0) is 16.0 Å². The molecule has 0 saturated carbocycles. The first kappa shape index (κ1) is 16.2. The van der Waals surface area contributed by atoms with Gasteiger partial charge in [-0.2, -0.15) is 0 Å². The predicted octanol–water partition coefficient (Wildman–Crippen LogP) is 2.32. The number of nitrogens with one attached hydrogen (secondary N) is 1. The van der Waals surface area contributed by atoms with Crippen molar-refractivity contribution in [3.8, 4) is 0 Å². The topological polar surface area (TPSA) is 52.7 Å². The van der Waals surface area contributed by atoms with Crippen molar-refractivity contribution in [2.45, 2.75) is 32.2 Å². The Morgan fingerprint density at radius 2 is 2.22 bits per heavy atom. The van der Waals surface area contributed by atoms with E-state index in [1.807, 2.05) is 13.0 Å². The molecule has 0 bridgehead atoms. The first-order valence-electron chi connectivity index (χ1n) is 8.12. The molecule has 1 saturated heterocycles. The van der Waals surface area contributed by atoms with Crippen molar-refractivity contribution in [1.82, 2.24) is 4.90 Å². The van der Waals surface area contributed by atoms with E-state index in [0.29, 0.717) is 18.1 Å². The molecular weight excluding hydrogens is 310 g/mol. The Labute approximate surface area is 141 Å². The maximum absolute atomic E-state index is 12.5. The van der Waals surface area contributed by atoms with Crippen molar-refractivity contribution in [2.24, 2.45) is 0 Å². The van der Waals surface area contributed by atoms with Crippen LogP contribution in [0.4, 0.5) is 11.4 Å². The molecule has 1 aromatic carbocycles. The fourth-order valence-corrected chi connectivity index (χ4v) is 4.38. The molecule has 1 aromatic rings. The molecule has 5 nitrogen and oxygen atoms in total. The number of carbonyl (C=O) groups is 2. The number of amides is 2. The van der Waals surface area contributed by atoms with Crippen LogP contribution in [0, 0.1) is 0 Å². The molecule has 23 heavy (non-hydrogen) atoms. The van der Waals surface area contributed by atoms with E-state index < -0.39 is 0 Å². The summed E-state index contributed by atoms with van der Waals surface area (Å²) in [4.78, 5) is 28.4. The van der Waals surface area contributed by atoms with E-state index in [4.69, 9.17) is 0 Å². The average molecular weight is 333 g/mol. The fourth-order valence-electron chi connectivity index (χ4n) is 3.20. The van der Waals surface area contributed by atoms with Gasteiger partial charge in [-0.15, -0.1) is 11.8 Å². The van der Waals surface area contributed by atoms with Gasteiger partial charge in [0, 0.05) is 37.1 Å². The summed E-state index contributed by atoms with van der Waals surface area (Å²) in [5.41, 5.74) is 3.34. The molecule has 1 fully saturated rings. The minimum absolute atomic E-state index is 0.0437. The van der Waals surface area contributed by atoms with Crippen molar-refractivity contribution in [3.63, 3.8) is 0 Å². The quantitative estimate of drug-likeness (QED) is 0.922. The van der Waals surface area contributed by atoms with Gasteiger partial charge in [-0.05, 0) is 36.6 Å². The zero-order valence-corrected chi connectivity index (χ0v) is 14.5. The SMILES string of the molecule is CCC(=O)N1CSCC1C(=O)Nc1ccc2c(c1)CCCN2C. The fraction of sp³-hybridized carbons (Fsp3) is 0.529. The maximum Gasteiger partial charge on any atom is 0.248 e. The van der Waals surface area contributed by atoms with Crippen LogP contribution in [0.1, 0.15) is 25.3 Å². The van der Waals surface area contributed by atoms with Gasteiger partial charge < -0.3 is 15.1 Å². The Balaban J connectivity index is 1.72. The number of nitrogens with zero attached hydrogens (tertiary/aromatic N) is 2. The van der Waals surface area contributed by atoms with Crippen LogP contribution in [0.25, 0.3) is 0 Å². The van der Waals surface area contributed by atoms with Gasteiger partial charge in [-0.3, -0.25) is 9.59 Å². The van der Waals surface area contributed by atoms with E-state index >= 15 is 0 Å². The number of benzene rings is 1. The van der Waals surface area contributed by atoms with Gasteiger partial charge in [0.25, 0.3) is 0 Å². The van der Waals surface area contributed by atoms with Gasteiger partial charge in [0.2, 0.25) is 11.8 Å². The summed E-state index contributed by atoms with van der Waals surface area (Å²) in [6, 6.07) is 5.73. The van der Waals surface area contributed by atoms with E-state index in [9.17, 15) is 9.59 Å². The molecule has 2 heterocycles. The van der Waals surface area contributed by atoms with Crippen molar-refractivity contribution in [1.29, 1.82) is 0 Å². The van der Waals surface area contributed by atoms with Gasteiger partial charge in [-0.1, -0.05) is 6.92 Å². The molecule has 0 radical (unpaired) electrons. The molecule has 2 amide bonds. The number of thioether (sulfide) groups is 1. The van der Waals surface area contributed by atoms with Gasteiger partial charge >= 0.3 is 0 Å². The highest BCUT2D eigenvalue weighted by atomic mass is 32.2. The molecule has 1 N–H and O–H groups in total. The Kier molecular flexibility index (Phi) is 4.80. The van der Waals surface area contributed by atoms with Crippen molar-refractivity contribution >= 4 is 35.0 Å². The molecule has 0 spiro atoms. The second-order valence-electron chi connectivity index (χ2n) is 6.09. The molecule has 0 aliphatic carbocycles. The van der Waals surface area contributed by atoms with Crippen LogP contribution in [-0.4, -0.2) is 48.0 Å². The summed E-state index contributed by atoms with van der Waals surface area (Å²) >= 11 is 1.63. The summed E-state index contributed by atoms with van der Waals surface area (Å²) in [7, 11) is 2.10. The Morgan fingerprint density at radius 1 is 1.39 bits per heavy atom. The molecule has 2 aliphatic heterocycles. The molecule has 3 rings (SSSR count). The zero-order valence-electron chi connectivity index (χ0n) is 13.7. The summed E-state index contributed by atoms with van der Waals surface area (Å²) < 4.78 is 0. The number of anilines is 2. The molecule has 6 heteroatoms. The van der Waals surface area contributed by atoms with E-state index in [2.05, 4.69) is 29.4 Å². The third-order valence-electron chi connectivity index (χ3n) is 4.51. The third kappa shape index (κ3) is 3.32. The highest BCUT2D eigenvalue weighted by Gasteiger charge is 2.33. The minimum Gasteiger partial charge on any atom is -0.374 e. The number of hydrogen-bond acceptors (Lipinski definition) is 4. The molecule has 124 valence electrons. The average Bonchev–Trinajstić information content (AvgIpc) is 3.04. The van der Waals surface area contributed by atoms with Crippen LogP contribution >= 0.6 is 11.8 Å². The third-order valence-corrected chi connectivity index (χ3v) is 5.52. The Hall–Kier alpha value is -1.69. The predicted molar refractivity (Wildman–Crippen MR) is 94.9 cm³/mol. The van der Waals surface area contributed by atoms with Crippen LogP contribution in [0.15, 0.2) is 18.2 Å². The maximum atomic E-state index is 12.5. The molecule has 1 atom stereocenters. The molecule has 2 aliphatic rings. The van der Waals surface area contributed by atoms with Gasteiger partial charge in [0.05, 0.1) is 5.88 Å². The highest BCUT2D eigenvalue weighted by Crippen LogP contribution is 2.29. The lowest BCUT2D eigenvalue weighted by Crippen LogP contribution is -2.44. The van der Waals surface area contributed by atoms with Gasteiger partial charge in [-0.25, -0.2) is 0 Å². The van der Waals surface area contributed by atoms with Crippen molar-refractivity contribution in [3.05, 3.63) is 23.8 Å². The van der Waals surface area contributed by atoms with Crippen LogP contribution in [0.3, 0.4) is 0 Å².